The molecule has 0 spiro atoms. The summed E-state index contributed by atoms with van der Waals surface area (Å²) in [5, 5.41) is 6.28. The molecule has 0 unspecified atom stereocenters. The van der Waals surface area contributed by atoms with Gasteiger partial charge in [0.05, 0.1) is 6.54 Å². The summed E-state index contributed by atoms with van der Waals surface area (Å²) in [6, 6.07) is 15.9. The Bertz CT molecular complexity index is 636. The number of aromatic nitrogens is 1. The summed E-state index contributed by atoms with van der Waals surface area (Å²) in [7, 11) is 0. The maximum atomic E-state index is 12.2. The fraction of sp³-hybridized carbons (Fsp3) is 0.400. The maximum Gasteiger partial charge on any atom is 0.239 e. The number of hydrogen-bond acceptors (Lipinski definition) is 3. The summed E-state index contributed by atoms with van der Waals surface area (Å²) in [6.07, 6.45) is 7.72. The minimum atomic E-state index is -0.0120. The van der Waals surface area contributed by atoms with Gasteiger partial charge in [-0.2, -0.15) is 0 Å². The average Bonchev–Trinajstić information content (AvgIpc) is 2.67. The van der Waals surface area contributed by atoms with E-state index in [0.29, 0.717) is 13.1 Å². The molecular formula is C20H25N3O. The average molecular weight is 323 g/mol. The van der Waals surface area contributed by atoms with E-state index >= 15 is 0 Å². The molecule has 1 aromatic carbocycles. The lowest BCUT2D eigenvalue weighted by molar-refractivity contribution is -0.119. The molecule has 4 heteroatoms. The first-order valence-corrected chi connectivity index (χ1v) is 8.76. The summed E-state index contributed by atoms with van der Waals surface area (Å²) in [5.41, 5.74) is 2.06. The highest BCUT2D eigenvalue weighted by Crippen LogP contribution is 2.37. The number of rotatable bonds is 6. The molecule has 1 saturated carbocycles. The summed E-state index contributed by atoms with van der Waals surface area (Å²) in [5.74, 6) is 0.0275. The van der Waals surface area contributed by atoms with Crippen LogP contribution in [0.15, 0.2) is 54.7 Å². The van der Waals surface area contributed by atoms with Crippen LogP contribution in [0.25, 0.3) is 0 Å². The number of carbonyl (C=O) groups excluding carboxylic acids is 1. The molecule has 0 radical (unpaired) electrons. The number of nitrogens with zero attached hydrogens (tertiary/aromatic N) is 1. The predicted molar refractivity (Wildman–Crippen MR) is 96.9 cm³/mol. The Balaban J connectivity index is 1.58. The van der Waals surface area contributed by atoms with Crippen molar-refractivity contribution in [2.75, 3.05) is 18.4 Å². The summed E-state index contributed by atoms with van der Waals surface area (Å²) >= 11 is 0. The van der Waals surface area contributed by atoms with Gasteiger partial charge in [0.15, 0.2) is 0 Å². The van der Waals surface area contributed by atoms with Crippen molar-refractivity contribution in [2.24, 2.45) is 0 Å². The van der Waals surface area contributed by atoms with Gasteiger partial charge in [0.2, 0.25) is 5.91 Å². The predicted octanol–water partition coefficient (Wildman–Crippen LogP) is 3.51. The van der Waals surface area contributed by atoms with Crippen molar-refractivity contribution in [1.82, 2.24) is 10.3 Å². The standard InChI is InChI=1S/C20H25N3O/c24-19(15-22-17-9-3-1-4-10-17)23-16-20(12-6-2-7-13-20)18-11-5-8-14-21-18/h1,3-5,8-11,14,22H,2,6-7,12-13,15-16H2,(H,23,24). The Morgan fingerprint density at radius 1 is 1.00 bits per heavy atom. The highest BCUT2D eigenvalue weighted by molar-refractivity contribution is 5.80. The molecule has 1 fully saturated rings. The Morgan fingerprint density at radius 3 is 2.46 bits per heavy atom. The molecule has 126 valence electrons. The molecule has 0 saturated heterocycles. The van der Waals surface area contributed by atoms with Crippen molar-refractivity contribution < 1.29 is 4.79 Å². The van der Waals surface area contributed by atoms with E-state index in [1.54, 1.807) is 0 Å². The van der Waals surface area contributed by atoms with Crippen LogP contribution < -0.4 is 10.6 Å². The van der Waals surface area contributed by atoms with E-state index < -0.39 is 0 Å². The second-order valence-corrected chi connectivity index (χ2v) is 6.55. The van der Waals surface area contributed by atoms with Crippen molar-refractivity contribution >= 4 is 11.6 Å². The lowest BCUT2D eigenvalue weighted by Crippen LogP contribution is -2.44. The van der Waals surface area contributed by atoms with E-state index in [0.717, 1.165) is 24.2 Å². The lowest BCUT2D eigenvalue weighted by Gasteiger charge is -2.37. The first kappa shape index (κ1) is 16.5. The summed E-state index contributed by atoms with van der Waals surface area (Å²) < 4.78 is 0. The second kappa shape index (κ2) is 7.95. The van der Waals surface area contributed by atoms with Gasteiger partial charge < -0.3 is 10.6 Å². The number of carbonyl (C=O) groups is 1. The molecule has 0 bridgehead atoms. The van der Waals surface area contributed by atoms with Crippen LogP contribution in [0.3, 0.4) is 0 Å². The van der Waals surface area contributed by atoms with Crippen LogP contribution in [0.4, 0.5) is 5.69 Å². The van der Waals surface area contributed by atoms with Crippen molar-refractivity contribution in [3.05, 3.63) is 60.4 Å². The third-order valence-electron chi connectivity index (χ3n) is 4.87. The highest BCUT2D eigenvalue weighted by atomic mass is 16.1. The Kier molecular flexibility index (Phi) is 5.47. The van der Waals surface area contributed by atoms with Crippen molar-refractivity contribution in [3.8, 4) is 0 Å². The molecule has 1 amide bonds. The van der Waals surface area contributed by atoms with Gasteiger partial charge in [-0.15, -0.1) is 0 Å². The number of hydrogen-bond donors (Lipinski definition) is 2. The molecule has 1 aliphatic rings. The van der Waals surface area contributed by atoms with Crippen LogP contribution in [-0.2, 0) is 10.2 Å². The third kappa shape index (κ3) is 4.13. The first-order valence-electron chi connectivity index (χ1n) is 8.76. The van der Waals surface area contributed by atoms with Crippen LogP contribution in [0.2, 0.25) is 0 Å². The van der Waals surface area contributed by atoms with E-state index in [9.17, 15) is 4.79 Å². The summed E-state index contributed by atoms with van der Waals surface area (Å²) in [6.45, 7) is 0.960. The topological polar surface area (TPSA) is 54.0 Å². The molecule has 0 atom stereocenters. The van der Waals surface area contributed by atoms with E-state index in [2.05, 4.69) is 21.7 Å². The molecule has 2 N–H and O–H groups in total. The van der Waals surface area contributed by atoms with Gasteiger partial charge in [0.1, 0.15) is 0 Å². The van der Waals surface area contributed by atoms with Crippen molar-refractivity contribution in [3.63, 3.8) is 0 Å². The van der Waals surface area contributed by atoms with E-state index in [1.165, 1.54) is 19.3 Å². The smallest absolute Gasteiger partial charge is 0.239 e. The van der Waals surface area contributed by atoms with Gasteiger partial charge in [-0.1, -0.05) is 43.5 Å². The van der Waals surface area contributed by atoms with E-state index in [1.807, 2.05) is 48.7 Å². The molecule has 0 aliphatic heterocycles. The largest absolute Gasteiger partial charge is 0.376 e. The van der Waals surface area contributed by atoms with E-state index in [4.69, 9.17) is 0 Å². The Labute approximate surface area is 143 Å². The van der Waals surface area contributed by atoms with Gasteiger partial charge in [0, 0.05) is 29.5 Å². The maximum absolute atomic E-state index is 12.2. The molecule has 24 heavy (non-hydrogen) atoms. The minimum Gasteiger partial charge on any atom is -0.376 e. The van der Waals surface area contributed by atoms with Crippen LogP contribution in [0.1, 0.15) is 37.8 Å². The Hall–Kier alpha value is -2.36. The summed E-state index contributed by atoms with van der Waals surface area (Å²) in [4.78, 5) is 16.8. The monoisotopic (exact) mass is 323 g/mol. The number of anilines is 1. The second-order valence-electron chi connectivity index (χ2n) is 6.55. The van der Waals surface area contributed by atoms with Crippen molar-refractivity contribution in [1.29, 1.82) is 0 Å². The van der Waals surface area contributed by atoms with Crippen molar-refractivity contribution in [2.45, 2.75) is 37.5 Å². The fourth-order valence-corrected chi connectivity index (χ4v) is 3.50. The lowest BCUT2D eigenvalue weighted by atomic mass is 9.71. The van der Waals surface area contributed by atoms with E-state index in [-0.39, 0.29) is 11.3 Å². The van der Waals surface area contributed by atoms with Gasteiger partial charge in [-0.05, 0) is 37.1 Å². The normalized spacial score (nSPS) is 16.3. The zero-order valence-corrected chi connectivity index (χ0v) is 14.0. The number of nitrogens with one attached hydrogen (secondary N) is 2. The zero-order chi connectivity index (χ0) is 16.7. The third-order valence-corrected chi connectivity index (χ3v) is 4.87. The van der Waals surface area contributed by atoms with Crippen LogP contribution in [-0.4, -0.2) is 24.0 Å². The number of amides is 1. The fourth-order valence-electron chi connectivity index (χ4n) is 3.50. The van der Waals surface area contributed by atoms with Gasteiger partial charge in [0.25, 0.3) is 0 Å². The highest BCUT2D eigenvalue weighted by Gasteiger charge is 2.35. The van der Waals surface area contributed by atoms with Gasteiger partial charge >= 0.3 is 0 Å². The number of para-hydroxylation sites is 1. The molecule has 2 aromatic rings. The quantitative estimate of drug-likeness (QED) is 0.855. The number of pyridine rings is 1. The van der Waals surface area contributed by atoms with Crippen LogP contribution in [0, 0.1) is 0 Å². The van der Waals surface area contributed by atoms with Gasteiger partial charge in [-0.3, -0.25) is 9.78 Å². The molecular weight excluding hydrogens is 298 g/mol. The minimum absolute atomic E-state index is 0.0120. The Morgan fingerprint density at radius 2 is 1.75 bits per heavy atom. The molecule has 1 aromatic heterocycles. The number of benzene rings is 1. The first-order chi connectivity index (χ1) is 11.8. The van der Waals surface area contributed by atoms with Crippen LogP contribution >= 0.6 is 0 Å². The molecule has 1 heterocycles. The SMILES string of the molecule is O=C(CNc1ccccc1)NCC1(c2ccccn2)CCCCC1. The van der Waals surface area contributed by atoms with Crippen LogP contribution in [0.5, 0.6) is 0 Å². The zero-order valence-electron chi connectivity index (χ0n) is 14.0. The molecule has 4 nitrogen and oxygen atoms in total. The molecule has 1 aliphatic carbocycles. The van der Waals surface area contributed by atoms with Gasteiger partial charge in [-0.25, -0.2) is 0 Å². The molecule has 3 rings (SSSR count).